The van der Waals surface area contributed by atoms with E-state index in [2.05, 4.69) is 17.3 Å². The van der Waals surface area contributed by atoms with Crippen LogP contribution in [0.4, 0.5) is 4.39 Å². The topological polar surface area (TPSA) is 29.9 Å². The smallest absolute Gasteiger partial charge is 0.123 e. The van der Waals surface area contributed by atoms with E-state index < -0.39 is 0 Å². The molecule has 1 aromatic carbocycles. The lowest BCUT2D eigenvalue weighted by molar-refractivity contribution is 0.539. The van der Waals surface area contributed by atoms with Crippen molar-refractivity contribution in [3.8, 4) is 0 Å². The number of hydrogen-bond donors (Lipinski definition) is 1. The van der Waals surface area contributed by atoms with Gasteiger partial charge in [-0.3, -0.25) is 4.68 Å². The third-order valence-electron chi connectivity index (χ3n) is 3.25. The van der Waals surface area contributed by atoms with Crippen molar-refractivity contribution >= 4 is 0 Å². The van der Waals surface area contributed by atoms with Crippen LogP contribution in [0.3, 0.4) is 0 Å². The number of nitrogens with one attached hydrogen (secondary N) is 1. The zero-order valence-corrected chi connectivity index (χ0v) is 11.4. The van der Waals surface area contributed by atoms with E-state index in [0.29, 0.717) is 6.04 Å². The summed E-state index contributed by atoms with van der Waals surface area (Å²) < 4.78 is 14.7. The molecule has 1 aromatic heterocycles. The van der Waals surface area contributed by atoms with Gasteiger partial charge < -0.3 is 5.32 Å². The summed E-state index contributed by atoms with van der Waals surface area (Å²) >= 11 is 0. The number of nitrogens with zero attached hydrogens (tertiary/aromatic N) is 2. The van der Waals surface area contributed by atoms with Crippen LogP contribution in [-0.2, 0) is 19.9 Å². The maximum atomic E-state index is 12.8. The molecule has 0 aliphatic carbocycles. The van der Waals surface area contributed by atoms with Crippen LogP contribution in [-0.4, -0.2) is 22.4 Å². The second-order valence-electron chi connectivity index (χ2n) is 4.88. The molecule has 2 aromatic rings. The SMILES string of the molecule is CC(Cc1ccc(F)cc1)NCCc1ccnn1C. The zero-order valence-electron chi connectivity index (χ0n) is 11.4. The van der Waals surface area contributed by atoms with Gasteiger partial charge in [-0.1, -0.05) is 12.1 Å². The van der Waals surface area contributed by atoms with Gasteiger partial charge in [-0.15, -0.1) is 0 Å². The Hall–Kier alpha value is -1.68. The molecule has 2 rings (SSSR count). The molecule has 19 heavy (non-hydrogen) atoms. The molecule has 0 aliphatic rings. The molecule has 0 spiro atoms. The largest absolute Gasteiger partial charge is 0.314 e. The highest BCUT2D eigenvalue weighted by Gasteiger charge is 2.04. The van der Waals surface area contributed by atoms with E-state index in [1.165, 1.54) is 17.8 Å². The fourth-order valence-corrected chi connectivity index (χ4v) is 2.14. The second-order valence-corrected chi connectivity index (χ2v) is 4.88. The predicted octanol–water partition coefficient (Wildman–Crippen LogP) is 2.32. The molecule has 1 heterocycles. The van der Waals surface area contributed by atoms with E-state index in [4.69, 9.17) is 0 Å². The highest BCUT2D eigenvalue weighted by molar-refractivity contribution is 5.17. The molecular formula is C15H20FN3. The fourth-order valence-electron chi connectivity index (χ4n) is 2.14. The number of halogens is 1. The first-order valence-electron chi connectivity index (χ1n) is 6.60. The first kappa shape index (κ1) is 13.7. The van der Waals surface area contributed by atoms with E-state index >= 15 is 0 Å². The molecule has 1 unspecified atom stereocenters. The summed E-state index contributed by atoms with van der Waals surface area (Å²) in [6.45, 7) is 3.06. The van der Waals surface area contributed by atoms with Crippen LogP contribution in [0.1, 0.15) is 18.2 Å². The lowest BCUT2D eigenvalue weighted by Gasteiger charge is -2.14. The summed E-state index contributed by atoms with van der Waals surface area (Å²) in [5, 5.41) is 7.62. The van der Waals surface area contributed by atoms with Crippen LogP contribution in [0, 0.1) is 5.82 Å². The van der Waals surface area contributed by atoms with Crippen molar-refractivity contribution in [1.82, 2.24) is 15.1 Å². The molecule has 0 aliphatic heterocycles. The van der Waals surface area contributed by atoms with Crippen LogP contribution in [0.15, 0.2) is 36.5 Å². The molecule has 0 bridgehead atoms. The van der Waals surface area contributed by atoms with Crippen LogP contribution >= 0.6 is 0 Å². The maximum Gasteiger partial charge on any atom is 0.123 e. The van der Waals surface area contributed by atoms with Crippen molar-refractivity contribution in [3.05, 3.63) is 53.6 Å². The van der Waals surface area contributed by atoms with Crippen molar-refractivity contribution in [2.24, 2.45) is 7.05 Å². The highest BCUT2D eigenvalue weighted by Crippen LogP contribution is 2.06. The van der Waals surface area contributed by atoms with Gasteiger partial charge in [-0.05, 0) is 37.1 Å². The van der Waals surface area contributed by atoms with Gasteiger partial charge in [0.2, 0.25) is 0 Å². The molecule has 102 valence electrons. The van der Waals surface area contributed by atoms with Gasteiger partial charge in [0, 0.05) is 37.9 Å². The minimum atomic E-state index is -0.180. The van der Waals surface area contributed by atoms with Crippen molar-refractivity contribution in [3.63, 3.8) is 0 Å². The van der Waals surface area contributed by atoms with E-state index in [-0.39, 0.29) is 5.82 Å². The van der Waals surface area contributed by atoms with Gasteiger partial charge in [0.05, 0.1) is 0 Å². The first-order valence-corrected chi connectivity index (χ1v) is 6.60. The van der Waals surface area contributed by atoms with Gasteiger partial charge in [-0.2, -0.15) is 5.10 Å². The standard InChI is InChI=1S/C15H20FN3/c1-12(11-13-3-5-14(16)6-4-13)17-9-7-15-8-10-18-19(15)2/h3-6,8,10,12,17H,7,9,11H2,1-2H3. The summed E-state index contributed by atoms with van der Waals surface area (Å²) in [6, 6.07) is 9.11. The molecule has 0 fully saturated rings. The Balaban J connectivity index is 1.74. The minimum Gasteiger partial charge on any atom is -0.314 e. The summed E-state index contributed by atoms with van der Waals surface area (Å²) in [6.07, 6.45) is 3.69. The molecule has 4 heteroatoms. The fraction of sp³-hybridized carbons (Fsp3) is 0.400. The number of aryl methyl sites for hydroxylation is 1. The lowest BCUT2D eigenvalue weighted by atomic mass is 10.1. The number of hydrogen-bond acceptors (Lipinski definition) is 2. The monoisotopic (exact) mass is 261 g/mol. The summed E-state index contributed by atoms with van der Waals surface area (Å²) in [5.41, 5.74) is 2.38. The van der Waals surface area contributed by atoms with E-state index in [9.17, 15) is 4.39 Å². The molecule has 0 radical (unpaired) electrons. The minimum absolute atomic E-state index is 0.180. The van der Waals surface area contributed by atoms with E-state index in [1.807, 2.05) is 36.1 Å². The Kier molecular flexibility index (Phi) is 4.68. The molecule has 3 nitrogen and oxygen atoms in total. The van der Waals surface area contributed by atoms with Crippen molar-refractivity contribution in [1.29, 1.82) is 0 Å². The van der Waals surface area contributed by atoms with Gasteiger partial charge in [0.1, 0.15) is 5.82 Å². The molecule has 0 saturated carbocycles. The van der Waals surface area contributed by atoms with Crippen LogP contribution in [0.2, 0.25) is 0 Å². The van der Waals surface area contributed by atoms with Crippen molar-refractivity contribution < 1.29 is 4.39 Å². The van der Waals surface area contributed by atoms with E-state index in [0.717, 1.165) is 24.9 Å². The maximum absolute atomic E-state index is 12.8. The van der Waals surface area contributed by atoms with Crippen LogP contribution < -0.4 is 5.32 Å². The molecule has 1 atom stereocenters. The Bertz CT molecular complexity index is 504. The Morgan fingerprint density at radius 1 is 1.26 bits per heavy atom. The van der Waals surface area contributed by atoms with Crippen molar-refractivity contribution in [2.75, 3.05) is 6.54 Å². The van der Waals surface area contributed by atoms with Crippen molar-refractivity contribution in [2.45, 2.75) is 25.8 Å². The normalized spacial score (nSPS) is 12.6. The average molecular weight is 261 g/mol. The van der Waals surface area contributed by atoms with Gasteiger partial charge >= 0.3 is 0 Å². The zero-order chi connectivity index (χ0) is 13.7. The molecule has 0 saturated heterocycles. The Morgan fingerprint density at radius 3 is 2.63 bits per heavy atom. The van der Waals surface area contributed by atoms with Crippen LogP contribution in [0.25, 0.3) is 0 Å². The summed E-state index contributed by atoms with van der Waals surface area (Å²) in [5.74, 6) is -0.180. The molecule has 0 amide bonds. The van der Waals surface area contributed by atoms with Gasteiger partial charge in [-0.25, -0.2) is 4.39 Å². The third kappa shape index (κ3) is 4.17. The molecular weight excluding hydrogens is 241 g/mol. The quantitative estimate of drug-likeness (QED) is 0.865. The Morgan fingerprint density at radius 2 is 2.00 bits per heavy atom. The predicted molar refractivity (Wildman–Crippen MR) is 74.5 cm³/mol. The summed E-state index contributed by atoms with van der Waals surface area (Å²) in [7, 11) is 1.96. The second kappa shape index (κ2) is 6.48. The lowest BCUT2D eigenvalue weighted by Crippen LogP contribution is -2.30. The first-order chi connectivity index (χ1) is 9.15. The number of rotatable bonds is 6. The van der Waals surface area contributed by atoms with E-state index in [1.54, 1.807) is 0 Å². The number of aromatic nitrogens is 2. The average Bonchev–Trinajstić information content (AvgIpc) is 2.78. The summed E-state index contributed by atoms with van der Waals surface area (Å²) in [4.78, 5) is 0. The third-order valence-corrected chi connectivity index (χ3v) is 3.25. The Labute approximate surface area is 113 Å². The number of benzene rings is 1. The van der Waals surface area contributed by atoms with Gasteiger partial charge in [0.15, 0.2) is 0 Å². The van der Waals surface area contributed by atoms with Gasteiger partial charge in [0.25, 0.3) is 0 Å². The molecule has 1 N–H and O–H groups in total. The van der Waals surface area contributed by atoms with Crippen LogP contribution in [0.5, 0.6) is 0 Å². The highest BCUT2D eigenvalue weighted by atomic mass is 19.1.